The number of benzene rings is 1. The second-order valence-corrected chi connectivity index (χ2v) is 6.34. The Morgan fingerprint density at radius 2 is 2.06 bits per heavy atom. The third-order valence-electron chi connectivity index (χ3n) is 2.22. The molecule has 0 bridgehead atoms. The van der Waals surface area contributed by atoms with Gasteiger partial charge >= 0.3 is 0 Å². The maximum Gasteiger partial charge on any atom is 0.244 e. The molecule has 0 saturated carbocycles. The van der Waals surface area contributed by atoms with E-state index in [0.717, 1.165) is 0 Å². The van der Waals surface area contributed by atoms with Gasteiger partial charge in [0.05, 0.1) is 10.7 Å². The van der Waals surface area contributed by atoms with Crippen molar-refractivity contribution in [3.05, 3.63) is 22.2 Å². The molecule has 0 aliphatic carbocycles. The summed E-state index contributed by atoms with van der Waals surface area (Å²) in [6.07, 6.45) is 0.296. The molecule has 0 saturated heterocycles. The van der Waals surface area contributed by atoms with Gasteiger partial charge in [0, 0.05) is 17.7 Å². The highest BCUT2D eigenvalue weighted by Crippen LogP contribution is 2.31. The number of anilines is 1. The zero-order chi connectivity index (χ0) is 13.9. The first-order valence-corrected chi connectivity index (χ1v) is 7.39. The van der Waals surface area contributed by atoms with Crippen molar-refractivity contribution in [3.8, 4) is 0 Å². The van der Waals surface area contributed by atoms with Gasteiger partial charge in [0.15, 0.2) is 0 Å². The Morgan fingerprint density at radius 3 is 2.56 bits per heavy atom. The van der Waals surface area contributed by atoms with Crippen molar-refractivity contribution >= 4 is 38.9 Å². The van der Waals surface area contributed by atoms with Crippen molar-refractivity contribution in [1.82, 2.24) is 4.72 Å². The van der Waals surface area contributed by atoms with E-state index in [9.17, 15) is 8.42 Å². The van der Waals surface area contributed by atoms with E-state index in [2.05, 4.69) is 4.72 Å². The van der Waals surface area contributed by atoms with Crippen LogP contribution in [0.2, 0.25) is 10.0 Å². The normalized spacial score (nSPS) is 13.6. The van der Waals surface area contributed by atoms with Gasteiger partial charge in [-0.3, -0.25) is 0 Å². The second-order valence-electron chi connectivity index (χ2n) is 3.84. The van der Waals surface area contributed by atoms with Gasteiger partial charge in [0.25, 0.3) is 0 Å². The summed E-state index contributed by atoms with van der Waals surface area (Å²) in [5.41, 5.74) is 5.60. The Hall–Kier alpha value is -0.530. The van der Waals surface area contributed by atoms with Crippen LogP contribution in [0.1, 0.15) is 13.3 Å². The zero-order valence-corrected chi connectivity index (χ0v) is 12.0. The van der Waals surface area contributed by atoms with Crippen LogP contribution in [0.3, 0.4) is 0 Å². The van der Waals surface area contributed by atoms with Crippen LogP contribution in [0.15, 0.2) is 17.0 Å². The Labute approximate surface area is 116 Å². The molecule has 4 N–H and O–H groups in total. The van der Waals surface area contributed by atoms with E-state index in [0.29, 0.717) is 6.42 Å². The molecule has 18 heavy (non-hydrogen) atoms. The minimum atomic E-state index is -3.84. The van der Waals surface area contributed by atoms with Crippen LogP contribution in [0.25, 0.3) is 0 Å². The third kappa shape index (κ3) is 3.73. The summed E-state index contributed by atoms with van der Waals surface area (Å²) in [6.45, 7) is 1.52. The lowest BCUT2D eigenvalue weighted by Crippen LogP contribution is -2.33. The molecule has 1 aromatic carbocycles. The summed E-state index contributed by atoms with van der Waals surface area (Å²) in [6, 6.07) is 2.20. The van der Waals surface area contributed by atoms with Crippen molar-refractivity contribution in [2.24, 2.45) is 0 Å². The molecule has 1 atom stereocenters. The van der Waals surface area contributed by atoms with Crippen LogP contribution in [0, 0.1) is 0 Å². The molecule has 8 heteroatoms. The lowest BCUT2D eigenvalue weighted by Gasteiger charge is -2.15. The fraction of sp³-hybridized carbons (Fsp3) is 0.400. The summed E-state index contributed by atoms with van der Waals surface area (Å²) in [5, 5.41) is 8.97. The largest absolute Gasteiger partial charge is 0.398 e. The van der Waals surface area contributed by atoms with Crippen molar-refractivity contribution in [2.45, 2.75) is 24.3 Å². The van der Waals surface area contributed by atoms with Crippen LogP contribution in [-0.4, -0.2) is 26.2 Å². The number of rotatable bonds is 5. The Morgan fingerprint density at radius 1 is 1.44 bits per heavy atom. The summed E-state index contributed by atoms with van der Waals surface area (Å²) in [7, 11) is -3.84. The minimum absolute atomic E-state index is 0.0174. The van der Waals surface area contributed by atoms with Gasteiger partial charge in [-0.25, -0.2) is 13.1 Å². The monoisotopic (exact) mass is 312 g/mol. The van der Waals surface area contributed by atoms with E-state index >= 15 is 0 Å². The van der Waals surface area contributed by atoms with Gasteiger partial charge in [-0.15, -0.1) is 0 Å². The molecule has 1 rings (SSSR count). The lowest BCUT2D eigenvalue weighted by molar-refractivity contribution is 0.275. The molecular weight excluding hydrogens is 299 g/mol. The zero-order valence-electron chi connectivity index (χ0n) is 9.65. The average Bonchev–Trinajstić information content (AvgIpc) is 2.13. The number of aliphatic hydroxyl groups is 1. The first-order chi connectivity index (χ1) is 8.27. The fourth-order valence-corrected chi connectivity index (χ4v) is 3.70. The summed E-state index contributed by atoms with van der Waals surface area (Å²) >= 11 is 11.6. The van der Waals surface area contributed by atoms with Gasteiger partial charge in [-0.2, -0.15) is 0 Å². The molecule has 0 aromatic heterocycles. The maximum atomic E-state index is 12.1. The average molecular weight is 313 g/mol. The third-order valence-corrected chi connectivity index (χ3v) is 4.56. The summed E-state index contributed by atoms with van der Waals surface area (Å²) < 4.78 is 26.5. The van der Waals surface area contributed by atoms with E-state index in [1.165, 1.54) is 12.1 Å². The highest BCUT2D eigenvalue weighted by Gasteiger charge is 2.23. The van der Waals surface area contributed by atoms with Crippen LogP contribution in [0.4, 0.5) is 5.69 Å². The van der Waals surface area contributed by atoms with Crippen LogP contribution in [-0.2, 0) is 10.0 Å². The molecule has 0 amide bonds. The number of halogens is 2. The SMILES string of the molecule is CC(CCO)NS(=O)(=O)c1c(N)cc(Cl)cc1Cl. The Balaban J connectivity index is 3.13. The van der Waals surface area contributed by atoms with Crippen LogP contribution in [0.5, 0.6) is 0 Å². The molecule has 1 unspecified atom stereocenters. The van der Waals surface area contributed by atoms with Gasteiger partial charge in [0.1, 0.15) is 4.90 Å². The predicted octanol–water partition coefficient (Wildman–Crippen LogP) is 1.62. The molecule has 102 valence electrons. The van der Waals surface area contributed by atoms with Gasteiger partial charge in [-0.05, 0) is 25.5 Å². The Bertz CT molecular complexity index is 511. The molecule has 0 aliphatic rings. The molecular formula is C10H14Cl2N2O3S. The highest BCUT2D eigenvalue weighted by molar-refractivity contribution is 7.89. The van der Waals surface area contributed by atoms with E-state index in [-0.39, 0.29) is 27.2 Å². The van der Waals surface area contributed by atoms with Crippen molar-refractivity contribution in [3.63, 3.8) is 0 Å². The molecule has 0 radical (unpaired) electrons. The quantitative estimate of drug-likeness (QED) is 0.720. The number of aliphatic hydroxyl groups excluding tert-OH is 1. The topological polar surface area (TPSA) is 92.4 Å². The van der Waals surface area contributed by atoms with E-state index < -0.39 is 16.1 Å². The van der Waals surface area contributed by atoms with E-state index in [1.807, 2.05) is 0 Å². The minimum Gasteiger partial charge on any atom is -0.398 e. The molecule has 0 heterocycles. The van der Waals surface area contributed by atoms with Gasteiger partial charge in [-0.1, -0.05) is 23.2 Å². The van der Waals surface area contributed by atoms with Crippen LogP contribution >= 0.6 is 23.2 Å². The van der Waals surface area contributed by atoms with E-state index in [1.54, 1.807) is 6.92 Å². The van der Waals surface area contributed by atoms with Gasteiger partial charge < -0.3 is 10.8 Å². The number of hydrogen-bond acceptors (Lipinski definition) is 4. The summed E-state index contributed by atoms with van der Waals surface area (Å²) in [5.74, 6) is 0. The first-order valence-electron chi connectivity index (χ1n) is 5.15. The predicted molar refractivity (Wildman–Crippen MR) is 72.4 cm³/mol. The van der Waals surface area contributed by atoms with Crippen molar-refractivity contribution < 1.29 is 13.5 Å². The standard InChI is InChI=1S/C10H14Cl2N2O3S/c1-6(2-3-15)14-18(16,17)10-8(12)4-7(11)5-9(10)13/h4-6,14-15H,2-3,13H2,1H3. The van der Waals surface area contributed by atoms with Crippen molar-refractivity contribution in [2.75, 3.05) is 12.3 Å². The summed E-state index contributed by atoms with van der Waals surface area (Å²) in [4.78, 5) is -0.196. The molecule has 1 aromatic rings. The number of nitrogen functional groups attached to an aromatic ring is 1. The van der Waals surface area contributed by atoms with E-state index in [4.69, 9.17) is 34.0 Å². The molecule has 5 nitrogen and oxygen atoms in total. The number of nitrogens with one attached hydrogen (secondary N) is 1. The number of nitrogens with two attached hydrogens (primary N) is 1. The lowest BCUT2D eigenvalue weighted by atomic mass is 10.3. The second kappa shape index (κ2) is 6.08. The Kier molecular flexibility index (Phi) is 5.24. The number of sulfonamides is 1. The van der Waals surface area contributed by atoms with Crippen LogP contribution < -0.4 is 10.5 Å². The fourth-order valence-electron chi connectivity index (χ4n) is 1.44. The smallest absolute Gasteiger partial charge is 0.244 e. The first kappa shape index (κ1) is 15.5. The van der Waals surface area contributed by atoms with Crippen molar-refractivity contribution in [1.29, 1.82) is 0 Å². The van der Waals surface area contributed by atoms with Gasteiger partial charge in [0.2, 0.25) is 10.0 Å². The molecule has 0 spiro atoms. The molecule has 0 fully saturated rings. The molecule has 0 aliphatic heterocycles. The highest BCUT2D eigenvalue weighted by atomic mass is 35.5. The number of hydrogen-bond donors (Lipinski definition) is 3. The maximum absolute atomic E-state index is 12.1.